The topological polar surface area (TPSA) is 63.1 Å². The van der Waals surface area contributed by atoms with Gasteiger partial charge in [0.2, 0.25) is 5.01 Å². The van der Waals surface area contributed by atoms with Crippen LogP contribution in [0.5, 0.6) is 0 Å². The van der Waals surface area contributed by atoms with Gasteiger partial charge in [0.15, 0.2) is 0 Å². The number of carboxylic acid groups (broad SMARTS) is 1. The van der Waals surface area contributed by atoms with Gasteiger partial charge in [-0.25, -0.2) is 14.8 Å². The second-order valence-corrected chi connectivity index (χ2v) is 3.72. The largest absolute Gasteiger partial charge is 0.476 e. The van der Waals surface area contributed by atoms with Crippen molar-refractivity contribution >= 4 is 39.3 Å². The van der Waals surface area contributed by atoms with Crippen LogP contribution in [0, 0.1) is 0 Å². The summed E-state index contributed by atoms with van der Waals surface area (Å²) in [6.45, 7) is 0. The van der Waals surface area contributed by atoms with E-state index in [0.717, 1.165) is 11.3 Å². The van der Waals surface area contributed by atoms with Crippen molar-refractivity contribution in [3.05, 3.63) is 22.3 Å². The Morgan fingerprint density at radius 3 is 3.08 bits per heavy atom. The van der Waals surface area contributed by atoms with E-state index < -0.39 is 5.97 Å². The minimum absolute atomic E-state index is 0.0322. The first-order valence-electron chi connectivity index (χ1n) is 3.32. The monoisotopic (exact) mass is 214 g/mol. The van der Waals surface area contributed by atoms with Crippen LogP contribution in [0.15, 0.2) is 12.3 Å². The predicted molar refractivity (Wildman–Crippen MR) is 49.4 cm³/mol. The molecule has 4 nitrogen and oxygen atoms in total. The molecule has 0 aliphatic rings. The van der Waals surface area contributed by atoms with E-state index in [0.29, 0.717) is 15.4 Å². The van der Waals surface area contributed by atoms with E-state index in [9.17, 15) is 4.79 Å². The van der Waals surface area contributed by atoms with E-state index in [1.807, 2.05) is 0 Å². The highest BCUT2D eigenvalue weighted by atomic mass is 35.5. The van der Waals surface area contributed by atoms with Gasteiger partial charge in [-0.05, 0) is 6.07 Å². The van der Waals surface area contributed by atoms with E-state index >= 15 is 0 Å². The molecule has 0 aromatic carbocycles. The van der Waals surface area contributed by atoms with Crippen molar-refractivity contribution in [2.45, 2.75) is 0 Å². The Morgan fingerprint density at radius 2 is 2.38 bits per heavy atom. The maximum Gasteiger partial charge on any atom is 0.365 e. The number of rotatable bonds is 1. The molecular weight excluding hydrogens is 212 g/mol. The lowest BCUT2D eigenvalue weighted by atomic mass is 10.4. The summed E-state index contributed by atoms with van der Waals surface area (Å²) in [4.78, 5) is 18.9. The normalized spacial score (nSPS) is 10.5. The molecule has 0 spiro atoms. The molecule has 2 aromatic heterocycles. The summed E-state index contributed by atoms with van der Waals surface area (Å²) in [5, 5.41) is 9.13. The molecule has 2 aromatic rings. The molecule has 0 amide bonds. The number of hydrogen-bond donors (Lipinski definition) is 1. The number of fused-ring (bicyclic) bond motifs is 1. The molecule has 0 aliphatic carbocycles. The standard InChI is InChI=1S/C7H3ClN2O2S/c8-3-1-4-5(9-2-3)13-6(10-4)7(11)12/h1-2H,(H,11,12). The molecule has 0 bridgehead atoms. The van der Waals surface area contributed by atoms with Crippen LogP contribution in [-0.2, 0) is 0 Å². The highest BCUT2D eigenvalue weighted by Gasteiger charge is 2.10. The molecule has 2 heterocycles. The van der Waals surface area contributed by atoms with Gasteiger partial charge in [0, 0.05) is 6.20 Å². The third-order valence-corrected chi connectivity index (χ3v) is 2.57. The first-order valence-corrected chi connectivity index (χ1v) is 4.51. The van der Waals surface area contributed by atoms with Gasteiger partial charge in [0.05, 0.1) is 5.02 Å². The first-order chi connectivity index (χ1) is 6.16. The van der Waals surface area contributed by atoms with E-state index in [1.54, 1.807) is 6.07 Å². The van der Waals surface area contributed by atoms with Gasteiger partial charge >= 0.3 is 5.97 Å². The summed E-state index contributed by atoms with van der Waals surface area (Å²) in [7, 11) is 0. The molecule has 0 fully saturated rings. The number of pyridine rings is 1. The van der Waals surface area contributed by atoms with Crippen LogP contribution in [0.3, 0.4) is 0 Å². The molecule has 2 rings (SSSR count). The molecular formula is C7H3ClN2O2S. The number of halogens is 1. The zero-order valence-electron chi connectivity index (χ0n) is 6.19. The van der Waals surface area contributed by atoms with Gasteiger partial charge in [0.1, 0.15) is 10.3 Å². The number of hydrogen-bond acceptors (Lipinski definition) is 4. The second-order valence-electron chi connectivity index (χ2n) is 2.30. The molecule has 0 atom stereocenters. The highest BCUT2D eigenvalue weighted by Crippen LogP contribution is 2.22. The third-order valence-electron chi connectivity index (χ3n) is 1.40. The Labute approximate surface area is 81.8 Å². The Kier molecular flexibility index (Phi) is 1.90. The minimum atomic E-state index is -1.04. The van der Waals surface area contributed by atoms with Crippen molar-refractivity contribution in [3.8, 4) is 0 Å². The summed E-state index contributed by atoms with van der Waals surface area (Å²) in [6.07, 6.45) is 1.47. The van der Waals surface area contributed by atoms with Crippen molar-refractivity contribution in [2.75, 3.05) is 0 Å². The predicted octanol–water partition coefficient (Wildman–Crippen LogP) is 2.04. The number of carbonyl (C=O) groups is 1. The molecule has 0 saturated heterocycles. The maximum absolute atomic E-state index is 10.5. The summed E-state index contributed by atoms with van der Waals surface area (Å²) >= 11 is 6.70. The van der Waals surface area contributed by atoms with Crippen LogP contribution in [-0.4, -0.2) is 21.0 Å². The highest BCUT2D eigenvalue weighted by molar-refractivity contribution is 7.19. The van der Waals surface area contributed by atoms with E-state index in [2.05, 4.69) is 9.97 Å². The minimum Gasteiger partial charge on any atom is -0.476 e. The average molecular weight is 215 g/mol. The Hall–Kier alpha value is -1.20. The van der Waals surface area contributed by atoms with E-state index in [1.165, 1.54) is 6.20 Å². The van der Waals surface area contributed by atoms with Gasteiger partial charge in [-0.1, -0.05) is 22.9 Å². The van der Waals surface area contributed by atoms with Crippen LogP contribution >= 0.6 is 22.9 Å². The number of aromatic nitrogens is 2. The van der Waals surface area contributed by atoms with Gasteiger partial charge in [-0.2, -0.15) is 0 Å². The maximum atomic E-state index is 10.5. The fourth-order valence-electron chi connectivity index (χ4n) is 0.890. The molecule has 6 heteroatoms. The Bertz CT molecular complexity index is 482. The summed E-state index contributed by atoms with van der Waals surface area (Å²) in [5.74, 6) is -1.04. The van der Waals surface area contributed by atoms with E-state index in [-0.39, 0.29) is 5.01 Å². The molecule has 0 aliphatic heterocycles. The number of nitrogens with zero attached hydrogens (tertiary/aromatic N) is 2. The zero-order valence-corrected chi connectivity index (χ0v) is 7.76. The van der Waals surface area contributed by atoms with Gasteiger partial charge in [-0.15, -0.1) is 0 Å². The lowest BCUT2D eigenvalue weighted by Crippen LogP contribution is -1.93. The van der Waals surface area contributed by atoms with Crippen LogP contribution in [0.25, 0.3) is 10.3 Å². The molecule has 13 heavy (non-hydrogen) atoms. The summed E-state index contributed by atoms with van der Waals surface area (Å²) < 4.78 is 0. The van der Waals surface area contributed by atoms with Crippen molar-refractivity contribution in [1.82, 2.24) is 9.97 Å². The van der Waals surface area contributed by atoms with Gasteiger partial charge in [0.25, 0.3) is 0 Å². The van der Waals surface area contributed by atoms with Crippen molar-refractivity contribution in [1.29, 1.82) is 0 Å². The number of thiazole rings is 1. The van der Waals surface area contributed by atoms with Crippen molar-refractivity contribution in [2.24, 2.45) is 0 Å². The van der Waals surface area contributed by atoms with E-state index in [4.69, 9.17) is 16.7 Å². The Morgan fingerprint density at radius 1 is 1.62 bits per heavy atom. The summed E-state index contributed by atoms with van der Waals surface area (Å²) in [5.41, 5.74) is 0.523. The molecule has 0 unspecified atom stereocenters. The van der Waals surface area contributed by atoms with Crippen molar-refractivity contribution < 1.29 is 9.90 Å². The smallest absolute Gasteiger partial charge is 0.365 e. The molecule has 0 saturated carbocycles. The molecule has 1 N–H and O–H groups in total. The first kappa shape index (κ1) is 8.40. The zero-order chi connectivity index (χ0) is 9.42. The van der Waals surface area contributed by atoms with Gasteiger partial charge in [-0.3, -0.25) is 0 Å². The lowest BCUT2D eigenvalue weighted by Gasteiger charge is -1.85. The lowest BCUT2D eigenvalue weighted by molar-refractivity contribution is 0.0696. The fraction of sp³-hybridized carbons (Fsp3) is 0. The van der Waals surface area contributed by atoms with Crippen molar-refractivity contribution in [3.63, 3.8) is 0 Å². The fourth-order valence-corrected chi connectivity index (χ4v) is 1.77. The SMILES string of the molecule is O=C(O)c1nc2cc(Cl)cnc2s1. The molecule has 0 radical (unpaired) electrons. The average Bonchev–Trinajstić information content (AvgIpc) is 2.46. The van der Waals surface area contributed by atoms with Crippen LogP contribution in [0.1, 0.15) is 9.80 Å². The third kappa shape index (κ3) is 1.48. The molecule has 66 valence electrons. The summed E-state index contributed by atoms with van der Waals surface area (Å²) in [6, 6.07) is 1.59. The van der Waals surface area contributed by atoms with Gasteiger partial charge < -0.3 is 5.11 Å². The number of aromatic carboxylic acids is 1. The quantitative estimate of drug-likeness (QED) is 0.789. The Balaban J connectivity index is 2.68. The van der Waals surface area contributed by atoms with Crippen LogP contribution in [0.4, 0.5) is 0 Å². The van der Waals surface area contributed by atoms with Crippen LogP contribution < -0.4 is 0 Å². The van der Waals surface area contributed by atoms with Crippen LogP contribution in [0.2, 0.25) is 5.02 Å². The number of carboxylic acids is 1. The second kappa shape index (κ2) is 2.93.